The summed E-state index contributed by atoms with van der Waals surface area (Å²) in [5.74, 6) is 1.40. The smallest absolute Gasteiger partial charge is 0.153 e. The Morgan fingerprint density at radius 3 is 2.12 bits per heavy atom. The second-order valence-corrected chi connectivity index (χ2v) is 10.9. The molecule has 0 amide bonds. The van der Waals surface area contributed by atoms with E-state index >= 15 is 0 Å². The number of allylic oxidation sites excluding steroid dienone is 3. The standard InChI is InChI=1S/C27H44O4S2/c1-3-4-5-6-7-8-9-10-11-12-13-14-15-16-25(24-33(29)30)21-22-32(28)23-26-17-19-27(31-2)20-18-26/h10-11,17-22,25H,3-9,12-16,23-24H2,1-2H3,(H,29,30). The van der Waals surface area contributed by atoms with Gasteiger partial charge in [-0.25, -0.2) is 4.21 Å². The largest absolute Gasteiger partial charge is 0.497 e. The number of ether oxygens (including phenoxy) is 1. The van der Waals surface area contributed by atoms with Crippen molar-refractivity contribution in [2.24, 2.45) is 5.92 Å². The minimum atomic E-state index is -1.84. The molecule has 0 radical (unpaired) electrons. The zero-order chi connectivity index (χ0) is 24.2. The summed E-state index contributed by atoms with van der Waals surface area (Å²) in [5, 5.41) is 1.69. The summed E-state index contributed by atoms with van der Waals surface area (Å²) in [6, 6.07) is 7.54. The number of benzene rings is 1. The molecule has 1 N–H and O–H groups in total. The monoisotopic (exact) mass is 496 g/mol. The third kappa shape index (κ3) is 16.9. The average molecular weight is 497 g/mol. The molecule has 0 bridgehead atoms. The minimum absolute atomic E-state index is 0.0149. The fourth-order valence-electron chi connectivity index (χ4n) is 3.67. The van der Waals surface area contributed by atoms with Gasteiger partial charge in [0.05, 0.1) is 18.6 Å². The zero-order valence-corrected chi connectivity index (χ0v) is 22.2. The van der Waals surface area contributed by atoms with Crippen LogP contribution in [0.1, 0.15) is 89.5 Å². The molecular formula is C27H44O4S2. The predicted octanol–water partition coefficient (Wildman–Crippen LogP) is 7.55. The summed E-state index contributed by atoms with van der Waals surface area (Å²) < 4.78 is 38.2. The van der Waals surface area contributed by atoms with E-state index in [1.165, 1.54) is 44.9 Å². The van der Waals surface area contributed by atoms with Crippen molar-refractivity contribution in [2.45, 2.75) is 89.7 Å². The Kier molecular flexibility index (Phi) is 18.2. The van der Waals surface area contributed by atoms with Crippen molar-refractivity contribution in [3.05, 3.63) is 53.5 Å². The van der Waals surface area contributed by atoms with Gasteiger partial charge in [-0.2, -0.15) is 0 Å². The Morgan fingerprint density at radius 2 is 1.52 bits per heavy atom. The van der Waals surface area contributed by atoms with Crippen molar-refractivity contribution < 1.29 is 17.7 Å². The Bertz CT molecular complexity index is 713. The van der Waals surface area contributed by atoms with Gasteiger partial charge >= 0.3 is 0 Å². The van der Waals surface area contributed by atoms with E-state index < -0.39 is 21.9 Å². The molecule has 0 saturated carbocycles. The van der Waals surface area contributed by atoms with E-state index in [4.69, 9.17) is 4.74 Å². The molecule has 0 aliphatic carbocycles. The van der Waals surface area contributed by atoms with Crippen LogP contribution in [0.25, 0.3) is 0 Å². The van der Waals surface area contributed by atoms with E-state index in [1.54, 1.807) is 12.5 Å². The third-order valence-electron chi connectivity index (χ3n) is 5.66. The average Bonchev–Trinajstić information content (AvgIpc) is 2.80. The second kappa shape index (κ2) is 20.2. The summed E-state index contributed by atoms with van der Waals surface area (Å²) >= 11 is -1.84. The van der Waals surface area contributed by atoms with E-state index in [0.717, 1.165) is 43.4 Å². The van der Waals surface area contributed by atoms with Crippen LogP contribution in [0.5, 0.6) is 5.75 Å². The van der Waals surface area contributed by atoms with E-state index in [0.29, 0.717) is 5.75 Å². The minimum Gasteiger partial charge on any atom is -0.497 e. The Balaban J connectivity index is 2.23. The normalized spacial score (nSPS) is 14.6. The first-order chi connectivity index (χ1) is 16.0. The summed E-state index contributed by atoms with van der Waals surface area (Å²) in [5.41, 5.74) is 0.977. The van der Waals surface area contributed by atoms with Gasteiger partial charge < -0.3 is 9.29 Å². The van der Waals surface area contributed by atoms with Crippen molar-refractivity contribution in [1.82, 2.24) is 0 Å². The Hall–Kier alpha value is -1.24. The highest BCUT2D eigenvalue weighted by Gasteiger charge is 2.09. The molecule has 33 heavy (non-hydrogen) atoms. The van der Waals surface area contributed by atoms with Gasteiger partial charge in [0, 0.05) is 10.8 Å². The van der Waals surface area contributed by atoms with Crippen LogP contribution >= 0.6 is 0 Å². The zero-order valence-electron chi connectivity index (χ0n) is 20.6. The summed E-state index contributed by atoms with van der Waals surface area (Å²) in [4.78, 5) is 0. The Morgan fingerprint density at radius 1 is 0.909 bits per heavy atom. The maximum Gasteiger partial charge on any atom is 0.153 e. The van der Waals surface area contributed by atoms with Gasteiger partial charge in [0.25, 0.3) is 0 Å². The number of hydrogen-bond acceptors (Lipinski definition) is 3. The van der Waals surface area contributed by atoms with Crippen molar-refractivity contribution >= 4 is 21.9 Å². The highest BCUT2D eigenvalue weighted by Crippen LogP contribution is 2.16. The number of methoxy groups -OCH3 is 1. The van der Waals surface area contributed by atoms with E-state index in [1.807, 2.05) is 30.3 Å². The quantitative estimate of drug-likeness (QED) is 0.115. The molecule has 0 heterocycles. The van der Waals surface area contributed by atoms with Gasteiger partial charge in [0.1, 0.15) is 5.75 Å². The van der Waals surface area contributed by atoms with Gasteiger partial charge in [0.2, 0.25) is 0 Å². The molecule has 4 nitrogen and oxygen atoms in total. The van der Waals surface area contributed by atoms with Gasteiger partial charge in [-0.15, -0.1) is 0 Å². The van der Waals surface area contributed by atoms with Crippen molar-refractivity contribution in [2.75, 3.05) is 12.9 Å². The van der Waals surface area contributed by atoms with Gasteiger partial charge in [-0.05, 0) is 61.1 Å². The lowest BCUT2D eigenvalue weighted by Crippen LogP contribution is -2.09. The van der Waals surface area contributed by atoms with Crippen LogP contribution in [0.3, 0.4) is 0 Å². The van der Waals surface area contributed by atoms with Crippen LogP contribution in [0.4, 0.5) is 0 Å². The predicted molar refractivity (Wildman–Crippen MR) is 143 cm³/mol. The summed E-state index contributed by atoms with van der Waals surface area (Å²) in [6.07, 6.45) is 21.0. The molecule has 1 aromatic rings. The molecule has 6 heteroatoms. The molecule has 0 aromatic heterocycles. The number of unbranched alkanes of at least 4 members (excludes halogenated alkanes) is 9. The van der Waals surface area contributed by atoms with Gasteiger partial charge in [0.15, 0.2) is 11.1 Å². The number of rotatable bonds is 20. The van der Waals surface area contributed by atoms with Crippen LogP contribution in [-0.2, 0) is 27.6 Å². The molecule has 0 spiro atoms. The number of hydrogen-bond donors (Lipinski definition) is 1. The molecule has 0 fully saturated rings. The molecule has 3 atom stereocenters. The maximum atomic E-state index is 12.4. The first-order valence-electron chi connectivity index (χ1n) is 12.5. The van der Waals surface area contributed by atoms with Gasteiger partial charge in [-0.1, -0.05) is 82.2 Å². The van der Waals surface area contributed by atoms with Crippen LogP contribution in [0, 0.1) is 5.92 Å². The van der Waals surface area contributed by atoms with Crippen LogP contribution in [0.15, 0.2) is 47.9 Å². The maximum absolute atomic E-state index is 12.4. The molecule has 1 aromatic carbocycles. The molecular weight excluding hydrogens is 452 g/mol. The van der Waals surface area contributed by atoms with E-state index in [9.17, 15) is 13.0 Å². The summed E-state index contributed by atoms with van der Waals surface area (Å²) in [7, 11) is 0.477. The fourth-order valence-corrected chi connectivity index (χ4v) is 5.33. The lowest BCUT2D eigenvalue weighted by Gasteiger charge is -2.10. The first kappa shape index (κ1) is 29.8. The molecule has 0 saturated heterocycles. The highest BCUT2D eigenvalue weighted by molar-refractivity contribution is 7.87. The fraction of sp³-hybridized carbons (Fsp3) is 0.630. The first-order valence-corrected chi connectivity index (χ1v) is 15.1. The van der Waals surface area contributed by atoms with E-state index in [-0.39, 0.29) is 11.7 Å². The SMILES string of the molecule is CCCCCCCCC=CCCCCCC(C=CS(=O)Cc1ccc(OC)cc1)CS(=O)O. The van der Waals surface area contributed by atoms with E-state index in [2.05, 4.69) is 19.1 Å². The Labute approximate surface area is 207 Å². The molecule has 188 valence electrons. The second-order valence-electron chi connectivity index (χ2n) is 8.62. The van der Waals surface area contributed by atoms with Gasteiger partial charge in [-0.3, -0.25) is 4.21 Å². The topological polar surface area (TPSA) is 63.6 Å². The van der Waals surface area contributed by atoms with Crippen molar-refractivity contribution in [1.29, 1.82) is 0 Å². The van der Waals surface area contributed by atoms with Crippen molar-refractivity contribution in [3.8, 4) is 5.75 Å². The summed E-state index contributed by atoms with van der Waals surface area (Å²) in [6.45, 7) is 2.25. The third-order valence-corrected chi connectivity index (χ3v) is 7.46. The molecule has 0 aliphatic rings. The lowest BCUT2D eigenvalue weighted by molar-refractivity contribution is 0.414. The molecule has 3 unspecified atom stereocenters. The van der Waals surface area contributed by atoms with Crippen LogP contribution < -0.4 is 4.74 Å². The highest BCUT2D eigenvalue weighted by atomic mass is 32.2. The van der Waals surface area contributed by atoms with Crippen molar-refractivity contribution in [3.63, 3.8) is 0 Å². The molecule has 1 rings (SSSR count). The molecule has 0 aliphatic heterocycles. The van der Waals surface area contributed by atoms with Crippen LogP contribution in [0.2, 0.25) is 0 Å². The van der Waals surface area contributed by atoms with Crippen LogP contribution in [-0.4, -0.2) is 25.8 Å². The lowest BCUT2D eigenvalue weighted by atomic mass is 10.0.